The third kappa shape index (κ3) is 1.39. The number of piperidine rings is 1. The number of hydrogen-bond donors (Lipinski definition) is 1. The SMILES string of the molecule is COC(OC)c1cncn1C1C2CNCC21. The third-order valence-electron chi connectivity index (χ3n) is 3.73. The van der Waals surface area contributed by atoms with Crippen molar-refractivity contribution in [3.05, 3.63) is 18.2 Å². The first kappa shape index (κ1) is 10.3. The molecule has 1 saturated carbocycles. The number of fused-ring (bicyclic) bond motifs is 1. The Balaban J connectivity index is 1.83. The first-order chi connectivity index (χ1) is 7.86. The van der Waals surface area contributed by atoms with Crippen molar-refractivity contribution in [3.8, 4) is 0 Å². The molecule has 1 aliphatic heterocycles. The van der Waals surface area contributed by atoms with Crippen molar-refractivity contribution in [1.82, 2.24) is 14.9 Å². The van der Waals surface area contributed by atoms with Crippen LogP contribution in [0.5, 0.6) is 0 Å². The fourth-order valence-electron chi connectivity index (χ4n) is 2.88. The molecule has 1 aromatic heterocycles. The topological polar surface area (TPSA) is 48.3 Å². The maximum Gasteiger partial charge on any atom is 0.200 e. The zero-order chi connectivity index (χ0) is 11.1. The van der Waals surface area contributed by atoms with Gasteiger partial charge in [-0.05, 0) is 11.8 Å². The Morgan fingerprint density at radius 1 is 1.38 bits per heavy atom. The highest BCUT2D eigenvalue weighted by Crippen LogP contribution is 2.53. The maximum absolute atomic E-state index is 5.29. The predicted molar refractivity (Wildman–Crippen MR) is 57.9 cm³/mol. The van der Waals surface area contributed by atoms with E-state index < -0.39 is 0 Å². The van der Waals surface area contributed by atoms with Gasteiger partial charge in [-0.1, -0.05) is 0 Å². The lowest BCUT2D eigenvalue weighted by Gasteiger charge is -2.17. The molecule has 0 amide bonds. The van der Waals surface area contributed by atoms with Gasteiger partial charge in [0.15, 0.2) is 6.29 Å². The summed E-state index contributed by atoms with van der Waals surface area (Å²) in [6.07, 6.45) is 3.42. The van der Waals surface area contributed by atoms with E-state index in [0.29, 0.717) is 6.04 Å². The molecule has 1 saturated heterocycles. The molecule has 2 unspecified atom stereocenters. The van der Waals surface area contributed by atoms with Gasteiger partial charge in [-0.2, -0.15) is 0 Å². The Hall–Kier alpha value is -0.910. The van der Waals surface area contributed by atoms with E-state index >= 15 is 0 Å². The van der Waals surface area contributed by atoms with E-state index in [-0.39, 0.29) is 6.29 Å². The van der Waals surface area contributed by atoms with Gasteiger partial charge in [-0.25, -0.2) is 4.98 Å². The molecule has 0 spiro atoms. The van der Waals surface area contributed by atoms with Crippen molar-refractivity contribution in [1.29, 1.82) is 0 Å². The van der Waals surface area contributed by atoms with Gasteiger partial charge < -0.3 is 19.4 Å². The maximum atomic E-state index is 5.29. The smallest absolute Gasteiger partial charge is 0.200 e. The normalized spacial score (nSPS) is 32.1. The Morgan fingerprint density at radius 2 is 2.06 bits per heavy atom. The summed E-state index contributed by atoms with van der Waals surface area (Å²) in [5.74, 6) is 1.53. The molecular formula is C11H17N3O2. The molecule has 3 rings (SSSR count). The summed E-state index contributed by atoms with van der Waals surface area (Å²) in [4.78, 5) is 4.21. The van der Waals surface area contributed by atoms with Crippen LogP contribution in [0.2, 0.25) is 0 Å². The van der Waals surface area contributed by atoms with Crippen molar-refractivity contribution in [2.75, 3.05) is 27.3 Å². The first-order valence-electron chi connectivity index (χ1n) is 5.65. The number of imidazole rings is 1. The minimum Gasteiger partial charge on any atom is -0.350 e. The number of rotatable bonds is 4. The van der Waals surface area contributed by atoms with Crippen LogP contribution in [0.3, 0.4) is 0 Å². The van der Waals surface area contributed by atoms with E-state index in [2.05, 4.69) is 14.9 Å². The molecule has 2 heterocycles. The molecule has 16 heavy (non-hydrogen) atoms. The molecule has 88 valence electrons. The first-order valence-corrected chi connectivity index (χ1v) is 5.65. The Morgan fingerprint density at radius 3 is 2.69 bits per heavy atom. The van der Waals surface area contributed by atoms with Crippen molar-refractivity contribution < 1.29 is 9.47 Å². The molecule has 0 aromatic carbocycles. The van der Waals surface area contributed by atoms with Gasteiger partial charge in [-0.3, -0.25) is 0 Å². The second-order valence-electron chi connectivity index (χ2n) is 4.51. The summed E-state index contributed by atoms with van der Waals surface area (Å²) in [7, 11) is 3.31. The van der Waals surface area contributed by atoms with Crippen molar-refractivity contribution in [2.24, 2.45) is 11.8 Å². The van der Waals surface area contributed by atoms with Crippen molar-refractivity contribution in [3.63, 3.8) is 0 Å². The van der Waals surface area contributed by atoms with E-state index in [4.69, 9.17) is 9.47 Å². The monoisotopic (exact) mass is 223 g/mol. The van der Waals surface area contributed by atoms with Crippen LogP contribution in [0.1, 0.15) is 18.0 Å². The highest BCUT2D eigenvalue weighted by Gasteiger charge is 2.54. The molecule has 2 fully saturated rings. The third-order valence-corrected chi connectivity index (χ3v) is 3.73. The van der Waals surface area contributed by atoms with E-state index in [0.717, 1.165) is 30.6 Å². The van der Waals surface area contributed by atoms with E-state index in [1.54, 1.807) is 14.2 Å². The van der Waals surface area contributed by atoms with Gasteiger partial charge in [0.25, 0.3) is 0 Å². The van der Waals surface area contributed by atoms with Gasteiger partial charge in [0.1, 0.15) is 0 Å². The zero-order valence-electron chi connectivity index (χ0n) is 9.59. The molecule has 2 aliphatic rings. The molecule has 2 atom stereocenters. The van der Waals surface area contributed by atoms with E-state index in [1.807, 2.05) is 12.5 Å². The number of methoxy groups -OCH3 is 2. The molecule has 0 radical (unpaired) electrons. The van der Waals surface area contributed by atoms with Crippen LogP contribution < -0.4 is 5.32 Å². The minimum atomic E-state index is -0.309. The summed E-state index contributed by atoms with van der Waals surface area (Å²) in [6.45, 7) is 2.25. The lowest BCUT2D eigenvalue weighted by atomic mass is 10.3. The van der Waals surface area contributed by atoms with Crippen LogP contribution in [0.25, 0.3) is 0 Å². The van der Waals surface area contributed by atoms with Gasteiger partial charge in [0.05, 0.1) is 18.2 Å². The molecule has 1 aliphatic carbocycles. The molecule has 0 bridgehead atoms. The van der Waals surface area contributed by atoms with Gasteiger partial charge >= 0.3 is 0 Å². The summed E-state index contributed by atoms with van der Waals surface area (Å²) >= 11 is 0. The van der Waals surface area contributed by atoms with Crippen LogP contribution in [0, 0.1) is 11.8 Å². The highest BCUT2D eigenvalue weighted by molar-refractivity contribution is 5.14. The standard InChI is InChI=1S/C11H17N3O2/c1-15-11(16-2)9-5-13-6-14(9)10-7-3-12-4-8(7)10/h5-8,10-12H,3-4H2,1-2H3. The summed E-state index contributed by atoms with van der Waals surface area (Å²) in [5, 5.41) is 3.39. The highest BCUT2D eigenvalue weighted by atomic mass is 16.7. The van der Waals surface area contributed by atoms with Crippen LogP contribution in [-0.2, 0) is 9.47 Å². The molecular weight excluding hydrogens is 206 g/mol. The number of ether oxygens (including phenoxy) is 2. The average Bonchev–Trinajstić information content (AvgIpc) is 2.77. The van der Waals surface area contributed by atoms with Gasteiger partial charge in [0.2, 0.25) is 0 Å². The Bertz CT molecular complexity index is 365. The minimum absolute atomic E-state index is 0.309. The van der Waals surface area contributed by atoms with Crippen LogP contribution in [0.15, 0.2) is 12.5 Å². The van der Waals surface area contributed by atoms with E-state index in [9.17, 15) is 0 Å². The van der Waals surface area contributed by atoms with Gasteiger partial charge in [-0.15, -0.1) is 0 Å². The van der Waals surface area contributed by atoms with Crippen LogP contribution in [-0.4, -0.2) is 36.9 Å². The average molecular weight is 223 g/mol. The summed E-state index contributed by atoms with van der Waals surface area (Å²) in [6, 6.07) is 0.589. The summed E-state index contributed by atoms with van der Waals surface area (Å²) < 4.78 is 12.8. The molecule has 1 N–H and O–H groups in total. The lowest BCUT2D eigenvalue weighted by Crippen LogP contribution is -2.18. The quantitative estimate of drug-likeness (QED) is 0.758. The van der Waals surface area contributed by atoms with Crippen LogP contribution >= 0.6 is 0 Å². The number of nitrogens with zero attached hydrogens (tertiary/aromatic N) is 2. The predicted octanol–water partition coefficient (Wildman–Crippen LogP) is 0.565. The largest absolute Gasteiger partial charge is 0.350 e. The molecule has 1 aromatic rings. The van der Waals surface area contributed by atoms with E-state index in [1.165, 1.54) is 0 Å². The Kier molecular flexibility index (Phi) is 2.46. The lowest BCUT2D eigenvalue weighted by molar-refractivity contribution is -0.110. The number of hydrogen-bond acceptors (Lipinski definition) is 4. The number of nitrogens with one attached hydrogen (secondary N) is 1. The zero-order valence-corrected chi connectivity index (χ0v) is 9.59. The second kappa shape index (κ2) is 3.84. The van der Waals surface area contributed by atoms with Crippen molar-refractivity contribution >= 4 is 0 Å². The fraction of sp³-hybridized carbons (Fsp3) is 0.727. The molecule has 5 heteroatoms. The van der Waals surface area contributed by atoms with Crippen molar-refractivity contribution in [2.45, 2.75) is 12.3 Å². The summed E-state index contributed by atoms with van der Waals surface area (Å²) in [5.41, 5.74) is 1.02. The van der Waals surface area contributed by atoms with Crippen LogP contribution in [0.4, 0.5) is 0 Å². The second-order valence-corrected chi connectivity index (χ2v) is 4.51. The number of aromatic nitrogens is 2. The molecule has 5 nitrogen and oxygen atoms in total. The van der Waals surface area contributed by atoms with Gasteiger partial charge in [0, 0.05) is 33.4 Å². The Labute approximate surface area is 94.8 Å². The fourth-order valence-corrected chi connectivity index (χ4v) is 2.88.